The Kier molecular flexibility index (Phi) is 5.56. The number of ketones is 1. The Morgan fingerprint density at radius 2 is 1.61 bits per heavy atom. The summed E-state index contributed by atoms with van der Waals surface area (Å²) in [5.74, 6) is 0.574. The van der Waals surface area contributed by atoms with Gasteiger partial charge in [-0.3, -0.25) is 9.59 Å². The van der Waals surface area contributed by atoms with Crippen LogP contribution in [-0.4, -0.2) is 33.2 Å². The van der Waals surface area contributed by atoms with E-state index in [-0.39, 0.29) is 17.6 Å². The van der Waals surface area contributed by atoms with Crippen LogP contribution in [0.15, 0.2) is 30.5 Å². The van der Waals surface area contributed by atoms with E-state index in [0.717, 1.165) is 55.0 Å². The van der Waals surface area contributed by atoms with Gasteiger partial charge in [-0.25, -0.2) is 0 Å². The summed E-state index contributed by atoms with van der Waals surface area (Å²) in [6.07, 6.45) is 10.8. The highest BCUT2D eigenvalue weighted by Gasteiger charge is 2.30. The Bertz CT molecular complexity index is 853. The summed E-state index contributed by atoms with van der Waals surface area (Å²) in [4.78, 5) is 28.4. The van der Waals surface area contributed by atoms with Crippen molar-refractivity contribution >= 4 is 22.6 Å². The van der Waals surface area contributed by atoms with Crippen molar-refractivity contribution < 1.29 is 9.59 Å². The summed E-state index contributed by atoms with van der Waals surface area (Å²) in [7, 11) is 0. The second-order valence-corrected chi connectivity index (χ2v) is 8.82. The quantitative estimate of drug-likeness (QED) is 0.685. The number of nitrogens with zero attached hydrogens (tertiary/aromatic N) is 2. The Hall–Kier alpha value is -2.10. The molecule has 1 aliphatic carbocycles. The number of benzene rings is 1. The van der Waals surface area contributed by atoms with Crippen LogP contribution in [0.4, 0.5) is 0 Å². The highest BCUT2D eigenvalue weighted by molar-refractivity contribution is 6.09. The zero-order chi connectivity index (χ0) is 19.7. The molecular weight excluding hydrogens is 348 g/mol. The minimum atomic E-state index is 0.144. The van der Waals surface area contributed by atoms with Gasteiger partial charge in [0.2, 0.25) is 5.91 Å². The topological polar surface area (TPSA) is 42.3 Å². The molecule has 2 fully saturated rings. The Labute approximate surface area is 167 Å². The molecule has 0 bridgehead atoms. The van der Waals surface area contributed by atoms with Crippen LogP contribution in [0.5, 0.6) is 0 Å². The van der Waals surface area contributed by atoms with Crippen molar-refractivity contribution in [3.05, 3.63) is 36.0 Å². The van der Waals surface area contributed by atoms with E-state index in [4.69, 9.17) is 0 Å². The SMILES string of the molecule is C[C@@H]1CCC[C@H](C)N1C(=O)Cn1cc(C(=O)C2CCCCC2)c2ccccc21. The smallest absolute Gasteiger partial charge is 0.242 e. The standard InChI is InChI=1S/C24H32N2O2/c1-17-9-8-10-18(2)26(17)23(27)16-25-15-21(20-13-6-7-14-22(20)25)24(28)19-11-4-3-5-12-19/h6-7,13-15,17-19H,3-5,8-12,16H2,1-2H3/t17-,18+. The minimum absolute atomic E-state index is 0.144. The van der Waals surface area contributed by atoms with Gasteiger partial charge >= 0.3 is 0 Å². The molecule has 28 heavy (non-hydrogen) atoms. The molecule has 0 N–H and O–H groups in total. The largest absolute Gasteiger partial charge is 0.337 e. The number of fused-ring (bicyclic) bond motifs is 1. The number of aromatic nitrogens is 1. The summed E-state index contributed by atoms with van der Waals surface area (Å²) in [6.45, 7) is 4.62. The molecule has 2 heterocycles. The fourth-order valence-corrected chi connectivity index (χ4v) is 5.30. The molecule has 4 nitrogen and oxygen atoms in total. The summed E-state index contributed by atoms with van der Waals surface area (Å²) < 4.78 is 2.00. The first kappa shape index (κ1) is 19.2. The van der Waals surface area contributed by atoms with E-state index in [1.54, 1.807) is 0 Å². The molecule has 2 atom stereocenters. The molecule has 150 valence electrons. The minimum Gasteiger partial charge on any atom is -0.337 e. The number of rotatable bonds is 4. The van der Waals surface area contributed by atoms with Crippen LogP contribution in [0.3, 0.4) is 0 Å². The summed E-state index contributed by atoms with van der Waals surface area (Å²) in [5.41, 5.74) is 1.79. The average molecular weight is 381 g/mol. The maximum atomic E-state index is 13.2. The number of hydrogen-bond donors (Lipinski definition) is 0. The maximum absolute atomic E-state index is 13.2. The zero-order valence-electron chi connectivity index (χ0n) is 17.2. The highest BCUT2D eigenvalue weighted by atomic mass is 16.2. The molecule has 1 aromatic heterocycles. The van der Waals surface area contributed by atoms with Crippen molar-refractivity contribution in [2.75, 3.05) is 0 Å². The van der Waals surface area contributed by atoms with E-state index in [0.29, 0.717) is 18.6 Å². The number of hydrogen-bond acceptors (Lipinski definition) is 2. The maximum Gasteiger partial charge on any atom is 0.242 e. The third-order valence-corrected chi connectivity index (χ3v) is 6.82. The fraction of sp³-hybridized carbons (Fsp3) is 0.583. The van der Waals surface area contributed by atoms with E-state index in [1.165, 1.54) is 12.8 Å². The van der Waals surface area contributed by atoms with E-state index in [2.05, 4.69) is 18.7 Å². The molecule has 0 unspecified atom stereocenters. The molecule has 1 saturated carbocycles. The van der Waals surface area contributed by atoms with E-state index in [9.17, 15) is 9.59 Å². The second-order valence-electron chi connectivity index (χ2n) is 8.82. The predicted molar refractivity (Wildman–Crippen MR) is 112 cm³/mol. The van der Waals surface area contributed by atoms with E-state index in [1.807, 2.05) is 35.0 Å². The van der Waals surface area contributed by atoms with Crippen LogP contribution < -0.4 is 0 Å². The van der Waals surface area contributed by atoms with Crippen molar-refractivity contribution in [3.63, 3.8) is 0 Å². The first-order valence-electron chi connectivity index (χ1n) is 11.0. The molecule has 2 aliphatic rings. The third kappa shape index (κ3) is 3.61. The molecule has 1 aromatic carbocycles. The van der Waals surface area contributed by atoms with Gasteiger partial charge in [-0.05, 0) is 52.0 Å². The highest BCUT2D eigenvalue weighted by Crippen LogP contribution is 2.31. The number of Topliss-reactive ketones (excluding diaryl/α,β-unsaturated/α-hetero) is 1. The predicted octanol–water partition coefficient (Wildman–Crippen LogP) is 5.19. The number of piperidine rings is 1. The first-order chi connectivity index (χ1) is 13.6. The lowest BCUT2D eigenvalue weighted by Gasteiger charge is -2.39. The lowest BCUT2D eigenvalue weighted by molar-refractivity contribution is -0.137. The lowest BCUT2D eigenvalue weighted by atomic mass is 9.84. The lowest BCUT2D eigenvalue weighted by Crippen LogP contribution is -2.48. The van der Waals surface area contributed by atoms with E-state index >= 15 is 0 Å². The van der Waals surface area contributed by atoms with Crippen LogP contribution >= 0.6 is 0 Å². The van der Waals surface area contributed by atoms with Crippen molar-refractivity contribution in [1.29, 1.82) is 0 Å². The Balaban J connectivity index is 1.62. The summed E-state index contributed by atoms with van der Waals surface area (Å²) >= 11 is 0. The molecule has 0 spiro atoms. The Morgan fingerprint density at radius 1 is 0.929 bits per heavy atom. The molecular formula is C24H32N2O2. The zero-order valence-corrected chi connectivity index (χ0v) is 17.2. The normalized spacial score (nSPS) is 23.9. The number of likely N-dealkylation sites (tertiary alicyclic amines) is 1. The van der Waals surface area contributed by atoms with Crippen molar-refractivity contribution in [3.8, 4) is 0 Å². The number of carbonyl (C=O) groups excluding carboxylic acids is 2. The average Bonchev–Trinajstić information content (AvgIpc) is 3.06. The van der Waals surface area contributed by atoms with Gasteiger partial charge in [0, 0.05) is 40.7 Å². The first-order valence-corrected chi connectivity index (χ1v) is 11.0. The van der Waals surface area contributed by atoms with Gasteiger partial charge in [-0.2, -0.15) is 0 Å². The monoisotopic (exact) mass is 380 g/mol. The van der Waals surface area contributed by atoms with Gasteiger partial charge < -0.3 is 9.47 Å². The Morgan fingerprint density at radius 3 is 2.32 bits per heavy atom. The molecule has 4 heteroatoms. The third-order valence-electron chi connectivity index (χ3n) is 6.82. The molecule has 2 aromatic rings. The molecule has 1 aliphatic heterocycles. The van der Waals surface area contributed by atoms with Crippen molar-refractivity contribution in [2.45, 2.75) is 83.8 Å². The van der Waals surface area contributed by atoms with Crippen molar-refractivity contribution in [1.82, 2.24) is 9.47 Å². The molecule has 1 amide bonds. The van der Waals surface area contributed by atoms with Gasteiger partial charge in [-0.1, -0.05) is 37.5 Å². The molecule has 4 rings (SSSR count). The summed E-state index contributed by atoms with van der Waals surface area (Å²) in [6, 6.07) is 8.62. The van der Waals surface area contributed by atoms with Crippen LogP contribution in [0, 0.1) is 5.92 Å². The van der Waals surface area contributed by atoms with Crippen LogP contribution in [-0.2, 0) is 11.3 Å². The van der Waals surface area contributed by atoms with Gasteiger partial charge in [0.25, 0.3) is 0 Å². The number of para-hydroxylation sites is 1. The molecule has 1 saturated heterocycles. The van der Waals surface area contributed by atoms with Crippen LogP contribution in [0.1, 0.15) is 75.6 Å². The van der Waals surface area contributed by atoms with Crippen molar-refractivity contribution in [2.24, 2.45) is 5.92 Å². The number of carbonyl (C=O) groups is 2. The fourth-order valence-electron chi connectivity index (χ4n) is 5.30. The van der Waals surface area contributed by atoms with Gasteiger partial charge in [0.1, 0.15) is 6.54 Å². The van der Waals surface area contributed by atoms with Gasteiger partial charge in [0.05, 0.1) is 0 Å². The molecule has 0 radical (unpaired) electrons. The van der Waals surface area contributed by atoms with Gasteiger partial charge in [-0.15, -0.1) is 0 Å². The summed E-state index contributed by atoms with van der Waals surface area (Å²) in [5, 5.41) is 0.991. The van der Waals surface area contributed by atoms with Crippen LogP contribution in [0.25, 0.3) is 10.9 Å². The van der Waals surface area contributed by atoms with Crippen LogP contribution in [0.2, 0.25) is 0 Å². The van der Waals surface area contributed by atoms with Gasteiger partial charge in [0.15, 0.2) is 5.78 Å². The number of amides is 1. The van der Waals surface area contributed by atoms with E-state index < -0.39 is 0 Å². The second kappa shape index (κ2) is 8.10.